The quantitative estimate of drug-likeness (QED) is 0.236. The number of nitrogens with zero attached hydrogens (tertiary/aromatic N) is 4. The van der Waals surface area contributed by atoms with Crippen molar-refractivity contribution < 1.29 is 27.8 Å². The van der Waals surface area contributed by atoms with Crippen molar-refractivity contribution >= 4 is 23.4 Å². The van der Waals surface area contributed by atoms with E-state index in [0.717, 1.165) is 0 Å². The number of carbonyl (C=O) groups excluding carboxylic acids is 2. The number of carbonyl (C=O) groups is 2. The maximum absolute atomic E-state index is 13.5. The predicted molar refractivity (Wildman–Crippen MR) is 157 cm³/mol. The molecule has 0 radical (unpaired) electrons. The number of alkyl halides is 2. The molecule has 1 amide bonds. The van der Waals surface area contributed by atoms with Crippen LogP contribution in [0.1, 0.15) is 75.2 Å². The highest BCUT2D eigenvalue weighted by Crippen LogP contribution is 2.36. The van der Waals surface area contributed by atoms with Crippen molar-refractivity contribution in [3.05, 3.63) is 53.3 Å². The molecule has 224 valence electrons. The molecule has 1 saturated heterocycles. The van der Waals surface area contributed by atoms with Crippen LogP contribution in [0.5, 0.6) is 5.75 Å². The summed E-state index contributed by atoms with van der Waals surface area (Å²) in [5.74, 6) is 7.07. The first-order valence-corrected chi connectivity index (χ1v) is 14.0. The molecule has 8 nitrogen and oxygen atoms in total. The zero-order chi connectivity index (χ0) is 30.8. The zero-order valence-corrected chi connectivity index (χ0v) is 25.2. The van der Waals surface area contributed by atoms with E-state index in [1.165, 1.54) is 12.1 Å². The van der Waals surface area contributed by atoms with Gasteiger partial charge in [-0.05, 0) is 85.0 Å². The largest absolute Gasteiger partial charge is 0.444 e. The molecule has 2 heterocycles. The monoisotopic (exact) mass is 580 g/mol. The van der Waals surface area contributed by atoms with E-state index < -0.39 is 17.6 Å². The van der Waals surface area contributed by atoms with Crippen molar-refractivity contribution in [2.45, 2.75) is 65.7 Å². The van der Waals surface area contributed by atoms with E-state index in [1.807, 2.05) is 71.8 Å². The predicted octanol–water partition coefficient (Wildman–Crippen LogP) is 6.45. The second kappa shape index (κ2) is 12.1. The minimum atomic E-state index is -3.08. The van der Waals surface area contributed by atoms with Crippen LogP contribution in [-0.2, 0) is 4.74 Å². The number of hydrogen-bond acceptors (Lipinski definition) is 6. The normalized spacial score (nSPS) is 17.8. The fourth-order valence-electron chi connectivity index (χ4n) is 5.24. The first-order chi connectivity index (χ1) is 19.7. The minimum Gasteiger partial charge on any atom is -0.444 e. The highest BCUT2D eigenvalue weighted by molar-refractivity contribution is 5.88. The van der Waals surface area contributed by atoms with E-state index in [9.17, 15) is 18.4 Å². The van der Waals surface area contributed by atoms with Gasteiger partial charge in [-0.1, -0.05) is 24.8 Å². The third-order valence-corrected chi connectivity index (χ3v) is 7.22. The van der Waals surface area contributed by atoms with Crippen LogP contribution < -0.4 is 4.74 Å². The average molecular weight is 581 g/mol. The number of fused-ring (bicyclic) bond motifs is 1. The average Bonchev–Trinajstić information content (AvgIpc) is 3.47. The number of rotatable bonds is 7. The SMILES string of the molecule is CCC(c1nc2ccc(C#CC3(C)CCN(C(=O)OC(C)(C)C)C3)cc2n1-c1c(C=O)cccc1OC(F)F)N(C)C. The Labute approximate surface area is 245 Å². The number of benzene rings is 2. The van der Waals surface area contributed by atoms with Crippen LogP contribution in [0.4, 0.5) is 13.6 Å². The van der Waals surface area contributed by atoms with Crippen molar-refractivity contribution in [1.82, 2.24) is 19.4 Å². The first-order valence-electron chi connectivity index (χ1n) is 14.0. The number of amides is 1. The number of hydrogen-bond donors (Lipinski definition) is 0. The number of aromatic nitrogens is 2. The van der Waals surface area contributed by atoms with E-state index >= 15 is 0 Å². The molecule has 10 heteroatoms. The Bertz CT molecular complexity index is 1530. The third kappa shape index (κ3) is 6.73. The molecule has 0 aliphatic carbocycles. The summed E-state index contributed by atoms with van der Waals surface area (Å²) in [5, 5.41) is 0. The topological polar surface area (TPSA) is 76.9 Å². The number of halogens is 2. The molecule has 2 aromatic carbocycles. The van der Waals surface area contributed by atoms with Gasteiger partial charge >= 0.3 is 12.7 Å². The molecule has 1 aliphatic rings. The van der Waals surface area contributed by atoms with Crippen LogP contribution in [-0.4, -0.2) is 71.1 Å². The summed E-state index contributed by atoms with van der Waals surface area (Å²) in [6.07, 6.45) is 1.66. The summed E-state index contributed by atoms with van der Waals surface area (Å²) >= 11 is 0. The summed E-state index contributed by atoms with van der Waals surface area (Å²) < 4.78 is 39.1. The van der Waals surface area contributed by atoms with Gasteiger partial charge in [-0.3, -0.25) is 14.3 Å². The lowest BCUT2D eigenvalue weighted by Gasteiger charge is -2.25. The van der Waals surface area contributed by atoms with Crippen molar-refractivity contribution in [3.8, 4) is 23.3 Å². The van der Waals surface area contributed by atoms with E-state index in [1.54, 1.807) is 15.5 Å². The lowest BCUT2D eigenvalue weighted by Crippen LogP contribution is -2.36. The Morgan fingerprint density at radius 1 is 1.24 bits per heavy atom. The van der Waals surface area contributed by atoms with Gasteiger partial charge in [0.05, 0.1) is 17.1 Å². The highest BCUT2D eigenvalue weighted by atomic mass is 19.3. The Kier molecular flexibility index (Phi) is 8.92. The minimum absolute atomic E-state index is 0.124. The molecule has 0 spiro atoms. The van der Waals surface area contributed by atoms with E-state index in [4.69, 9.17) is 14.5 Å². The summed E-state index contributed by atoms with van der Waals surface area (Å²) in [5.41, 5.74) is 1.30. The Morgan fingerprint density at radius 2 is 1.98 bits per heavy atom. The number of aldehydes is 1. The van der Waals surface area contributed by atoms with Crippen molar-refractivity contribution in [2.24, 2.45) is 5.41 Å². The van der Waals surface area contributed by atoms with Crippen LogP contribution >= 0.6 is 0 Å². The van der Waals surface area contributed by atoms with Gasteiger partial charge in [0.15, 0.2) is 12.0 Å². The molecule has 2 unspecified atom stereocenters. The van der Waals surface area contributed by atoms with Crippen molar-refractivity contribution in [2.75, 3.05) is 27.2 Å². The first kappa shape index (κ1) is 31.0. The number of imidazole rings is 1. The molecule has 2 atom stereocenters. The van der Waals surface area contributed by atoms with Crippen LogP contribution in [0.2, 0.25) is 0 Å². The molecule has 42 heavy (non-hydrogen) atoms. The summed E-state index contributed by atoms with van der Waals surface area (Å²) in [4.78, 5) is 33.3. The molecular formula is C32H38F2N4O4. The Morgan fingerprint density at radius 3 is 2.60 bits per heavy atom. The lowest BCUT2D eigenvalue weighted by atomic mass is 9.90. The van der Waals surface area contributed by atoms with Crippen molar-refractivity contribution in [3.63, 3.8) is 0 Å². The molecule has 1 aliphatic heterocycles. The fourth-order valence-corrected chi connectivity index (χ4v) is 5.24. The number of ether oxygens (including phenoxy) is 2. The van der Waals surface area contributed by atoms with Gasteiger partial charge in [0.1, 0.15) is 17.1 Å². The van der Waals surface area contributed by atoms with Crippen LogP contribution in [0.15, 0.2) is 36.4 Å². The summed E-state index contributed by atoms with van der Waals surface area (Å²) in [7, 11) is 3.83. The van der Waals surface area contributed by atoms with E-state index in [2.05, 4.69) is 11.8 Å². The van der Waals surface area contributed by atoms with Gasteiger partial charge < -0.3 is 14.4 Å². The Hall–Kier alpha value is -3.97. The highest BCUT2D eigenvalue weighted by Gasteiger charge is 2.36. The molecular weight excluding hydrogens is 542 g/mol. The Balaban J connectivity index is 1.82. The fraction of sp³-hybridized carbons (Fsp3) is 0.469. The van der Waals surface area contributed by atoms with Gasteiger partial charge in [0, 0.05) is 29.6 Å². The van der Waals surface area contributed by atoms with Gasteiger partial charge in [-0.25, -0.2) is 9.78 Å². The molecule has 0 saturated carbocycles. The number of para-hydroxylation sites is 1. The van der Waals surface area contributed by atoms with Crippen LogP contribution in [0, 0.1) is 17.3 Å². The third-order valence-electron chi connectivity index (χ3n) is 7.22. The van der Waals surface area contributed by atoms with Gasteiger partial charge in [-0.15, -0.1) is 0 Å². The van der Waals surface area contributed by atoms with E-state index in [0.29, 0.717) is 54.6 Å². The maximum atomic E-state index is 13.5. The second-order valence-electron chi connectivity index (χ2n) is 12.0. The standard InChI is InChI=1S/C32H38F2N4O4/c1-8-24(36(6)7)28-35-23-13-12-21(14-15-32(5)16-17-37(20-32)30(40)42-31(2,3)4)18-25(23)38(28)27-22(19-39)10-9-11-26(27)41-29(33)34/h9-13,18-19,24,29H,8,16-17,20H2,1-7H3. The molecule has 1 aromatic heterocycles. The molecule has 4 rings (SSSR count). The summed E-state index contributed by atoms with van der Waals surface area (Å²) in [6, 6.07) is 9.85. The van der Waals surface area contributed by atoms with Gasteiger partial charge in [0.2, 0.25) is 0 Å². The van der Waals surface area contributed by atoms with Gasteiger partial charge in [-0.2, -0.15) is 8.78 Å². The van der Waals surface area contributed by atoms with Crippen molar-refractivity contribution in [1.29, 1.82) is 0 Å². The zero-order valence-electron chi connectivity index (χ0n) is 25.2. The maximum Gasteiger partial charge on any atom is 0.410 e. The molecule has 3 aromatic rings. The van der Waals surface area contributed by atoms with Crippen LogP contribution in [0.3, 0.4) is 0 Å². The molecule has 0 bridgehead atoms. The van der Waals surface area contributed by atoms with Crippen LogP contribution in [0.25, 0.3) is 16.7 Å². The van der Waals surface area contributed by atoms with E-state index in [-0.39, 0.29) is 29.1 Å². The second-order valence-corrected chi connectivity index (χ2v) is 12.0. The lowest BCUT2D eigenvalue weighted by molar-refractivity contribution is -0.0499. The van der Waals surface area contributed by atoms with Gasteiger partial charge in [0.25, 0.3) is 0 Å². The summed E-state index contributed by atoms with van der Waals surface area (Å²) in [6.45, 7) is 7.46. The molecule has 0 N–H and O–H groups in total. The number of likely N-dealkylation sites (tertiary alicyclic amines) is 1. The molecule has 1 fully saturated rings. The smallest absolute Gasteiger partial charge is 0.410 e.